The number of rotatable bonds is 12. The summed E-state index contributed by atoms with van der Waals surface area (Å²) in [6.07, 6.45) is 2.05. The van der Waals surface area contributed by atoms with Gasteiger partial charge in [0.05, 0.1) is 18.4 Å². The van der Waals surface area contributed by atoms with Crippen LogP contribution in [0.4, 0.5) is 5.13 Å². The molecule has 186 valence electrons. The third-order valence-corrected chi connectivity index (χ3v) is 6.98. The molecule has 8 heteroatoms. The zero-order valence-electron chi connectivity index (χ0n) is 20.8. The molecule has 0 spiro atoms. The van der Waals surface area contributed by atoms with Crippen LogP contribution in [0.5, 0.6) is 11.5 Å². The van der Waals surface area contributed by atoms with Crippen molar-refractivity contribution in [2.24, 2.45) is 0 Å². The summed E-state index contributed by atoms with van der Waals surface area (Å²) in [5, 5.41) is 0.687. The predicted octanol–water partition coefficient (Wildman–Crippen LogP) is 6.20. The molecule has 3 rings (SSSR count). The normalized spacial score (nSPS) is 10.9. The van der Waals surface area contributed by atoms with Crippen LogP contribution in [0.3, 0.4) is 0 Å². The lowest BCUT2D eigenvalue weighted by Gasteiger charge is -2.25. The molecule has 2 aromatic carbocycles. The van der Waals surface area contributed by atoms with E-state index in [0.29, 0.717) is 23.8 Å². The summed E-state index contributed by atoms with van der Waals surface area (Å²) >= 11 is 1.54. The van der Waals surface area contributed by atoms with Gasteiger partial charge >= 0.3 is 0 Å². The minimum absolute atomic E-state index is 0. The molecule has 0 N–H and O–H groups in total. The second-order valence-electron chi connectivity index (χ2n) is 7.97. The van der Waals surface area contributed by atoms with E-state index >= 15 is 0 Å². The van der Waals surface area contributed by atoms with Gasteiger partial charge in [0.15, 0.2) is 5.13 Å². The first kappa shape index (κ1) is 27.9. The average molecular weight is 506 g/mol. The summed E-state index contributed by atoms with van der Waals surface area (Å²) in [5.74, 6) is 1.37. The van der Waals surface area contributed by atoms with E-state index in [1.807, 2.05) is 36.4 Å². The molecule has 0 unspecified atom stereocenters. The number of hydrogen-bond donors (Lipinski definition) is 0. The first-order chi connectivity index (χ1) is 16.0. The number of thiazole rings is 1. The highest BCUT2D eigenvalue weighted by atomic mass is 35.5. The van der Waals surface area contributed by atoms with E-state index in [0.717, 1.165) is 59.8 Å². The maximum absolute atomic E-state index is 13.7. The van der Waals surface area contributed by atoms with Gasteiger partial charge in [-0.25, -0.2) is 4.98 Å². The van der Waals surface area contributed by atoms with Gasteiger partial charge in [-0.1, -0.05) is 50.7 Å². The van der Waals surface area contributed by atoms with E-state index in [1.54, 1.807) is 12.0 Å². The molecule has 0 fully saturated rings. The lowest BCUT2D eigenvalue weighted by atomic mass is 10.2. The fourth-order valence-corrected chi connectivity index (χ4v) is 4.73. The molecular formula is C26H36ClN3O3S. The molecule has 3 aromatic rings. The van der Waals surface area contributed by atoms with Gasteiger partial charge < -0.3 is 14.4 Å². The molecule has 0 radical (unpaired) electrons. The number of aromatic nitrogens is 1. The standard InChI is InChI=1S/C26H35N3O3S.ClH/c1-6-9-17-32-21-12-10-11-20(18-21)25(30)29(16-15-28(7-2)8-3)26-27-23-22(31-5)14-13-19(4)24(23)33-26;/h10-14,18H,6-9,15-17H2,1-5H3;1H. The van der Waals surface area contributed by atoms with Crippen LogP contribution in [0.25, 0.3) is 10.2 Å². The van der Waals surface area contributed by atoms with Crippen LogP contribution in [0.2, 0.25) is 0 Å². The quantitative estimate of drug-likeness (QED) is 0.274. The summed E-state index contributed by atoms with van der Waals surface area (Å²) in [5.41, 5.74) is 2.53. The summed E-state index contributed by atoms with van der Waals surface area (Å²) in [6, 6.07) is 11.4. The number of benzene rings is 2. The third-order valence-electron chi connectivity index (χ3n) is 5.77. The Bertz CT molecular complexity index is 1070. The fraction of sp³-hybridized carbons (Fsp3) is 0.462. The monoisotopic (exact) mass is 505 g/mol. The molecule has 0 aliphatic heterocycles. The number of fused-ring (bicyclic) bond motifs is 1. The first-order valence-electron chi connectivity index (χ1n) is 11.7. The van der Waals surface area contributed by atoms with Gasteiger partial charge in [-0.2, -0.15) is 0 Å². The Kier molecular flexibility index (Phi) is 11.1. The molecule has 0 bridgehead atoms. The summed E-state index contributed by atoms with van der Waals surface area (Å²) in [6.45, 7) is 12.3. The predicted molar refractivity (Wildman–Crippen MR) is 144 cm³/mol. The number of nitrogens with zero attached hydrogens (tertiary/aromatic N) is 3. The maximum Gasteiger partial charge on any atom is 0.260 e. The van der Waals surface area contributed by atoms with Crippen LogP contribution >= 0.6 is 23.7 Å². The molecule has 1 heterocycles. The van der Waals surface area contributed by atoms with E-state index < -0.39 is 0 Å². The number of unbranched alkanes of at least 4 members (excludes halogenated alkanes) is 1. The third kappa shape index (κ3) is 6.62. The molecule has 1 amide bonds. The molecule has 0 atom stereocenters. The zero-order valence-corrected chi connectivity index (χ0v) is 22.4. The number of carbonyl (C=O) groups excluding carboxylic acids is 1. The Morgan fingerprint density at radius 1 is 1.09 bits per heavy atom. The lowest BCUT2D eigenvalue weighted by molar-refractivity contribution is 0.0983. The smallest absolute Gasteiger partial charge is 0.260 e. The van der Waals surface area contributed by atoms with Crippen molar-refractivity contribution in [2.45, 2.75) is 40.5 Å². The molecular weight excluding hydrogens is 470 g/mol. The highest BCUT2D eigenvalue weighted by Gasteiger charge is 2.23. The SMILES string of the molecule is CCCCOc1cccc(C(=O)N(CCN(CC)CC)c2nc3c(OC)ccc(C)c3s2)c1.Cl. The molecule has 0 aliphatic rings. The number of likely N-dealkylation sites (N-methyl/N-ethyl adjacent to an activating group) is 1. The van der Waals surface area contributed by atoms with Crippen LogP contribution in [0, 0.1) is 6.92 Å². The Hall–Kier alpha value is -2.35. The topological polar surface area (TPSA) is 54.9 Å². The van der Waals surface area contributed by atoms with Gasteiger partial charge in [-0.05, 0) is 56.3 Å². The number of carbonyl (C=O) groups is 1. The van der Waals surface area contributed by atoms with Crippen LogP contribution in [-0.2, 0) is 0 Å². The van der Waals surface area contributed by atoms with Gasteiger partial charge in [0.2, 0.25) is 0 Å². The van der Waals surface area contributed by atoms with E-state index in [1.165, 1.54) is 11.3 Å². The Morgan fingerprint density at radius 2 is 1.85 bits per heavy atom. The number of hydrogen-bond acceptors (Lipinski definition) is 6. The molecule has 34 heavy (non-hydrogen) atoms. The Morgan fingerprint density at radius 3 is 2.53 bits per heavy atom. The fourth-order valence-electron chi connectivity index (χ4n) is 3.65. The van der Waals surface area contributed by atoms with Crippen molar-refractivity contribution < 1.29 is 14.3 Å². The van der Waals surface area contributed by atoms with Crippen molar-refractivity contribution in [1.82, 2.24) is 9.88 Å². The second-order valence-corrected chi connectivity index (χ2v) is 8.95. The highest BCUT2D eigenvalue weighted by Crippen LogP contribution is 2.37. The maximum atomic E-state index is 13.7. The van der Waals surface area contributed by atoms with Crippen molar-refractivity contribution in [3.8, 4) is 11.5 Å². The van der Waals surface area contributed by atoms with E-state index in [4.69, 9.17) is 14.5 Å². The molecule has 0 aliphatic carbocycles. The van der Waals surface area contributed by atoms with Crippen LogP contribution in [-0.4, -0.2) is 55.7 Å². The summed E-state index contributed by atoms with van der Waals surface area (Å²) < 4.78 is 12.4. The van der Waals surface area contributed by atoms with Crippen molar-refractivity contribution in [1.29, 1.82) is 0 Å². The number of ether oxygens (including phenoxy) is 2. The first-order valence-corrected chi connectivity index (χ1v) is 12.5. The largest absolute Gasteiger partial charge is 0.494 e. The molecule has 6 nitrogen and oxygen atoms in total. The van der Waals surface area contributed by atoms with Gasteiger partial charge in [0.1, 0.15) is 17.0 Å². The van der Waals surface area contributed by atoms with Crippen LogP contribution < -0.4 is 14.4 Å². The number of halogens is 1. The van der Waals surface area contributed by atoms with Gasteiger partial charge in [0.25, 0.3) is 5.91 Å². The second kappa shape index (κ2) is 13.5. The highest BCUT2D eigenvalue weighted by molar-refractivity contribution is 7.22. The van der Waals surface area contributed by atoms with E-state index in [2.05, 4.69) is 32.6 Å². The number of amides is 1. The average Bonchev–Trinajstić information content (AvgIpc) is 3.28. The molecule has 1 aromatic heterocycles. The molecule has 0 saturated carbocycles. The minimum Gasteiger partial charge on any atom is -0.494 e. The number of anilines is 1. The van der Waals surface area contributed by atoms with Crippen molar-refractivity contribution in [3.63, 3.8) is 0 Å². The Labute approximate surface area is 213 Å². The van der Waals surface area contributed by atoms with Crippen molar-refractivity contribution >= 4 is 45.0 Å². The van der Waals surface area contributed by atoms with Gasteiger partial charge in [-0.15, -0.1) is 12.4 Å². The van der Waals surface area contributed by atoms with Gasteiger partial charge in [0, 0.05) is 18.7 Å². The van der Waals surface area contributed by atoms with Gasteiger partial charge in [-0.3, -0.25) is 9.69 Å². The van der Waals surface area contributed by atoms with Crippen LogP contribution in [0.1, 0.15) is 49.5 Å². The summed E-state index contributed by atoms with van der Waals surface area (Å²) in [7, 11) is 1.65. The van der Waals surface area contributed by atoms with E-state index in [9.17, 15) is 4.79 Å². The Balaban J connectivity index is 0.00000408. The number of methoxy groups -OCH3 is 1. The van der Waals surface area contributed by atoms with Crippen molar-refractivity contribution in [3.05, 3.63) is 47.5 Å². The van der Waals surface area contributed by atoms with Crippen LogP contribution in [0.15, 0.2) is 36.4 Å². The minimum atomic E-state index is -0.0706. The van der Waals surface area contributed by atoms with Crippen molar-refractivity contribution in [2.75, 3.05) is 44.8 Å². The zero-order chi connectivity index (χ0) is 23.8. The lowest BCUT2D eigenvalue weighted by Crippen LogP contribution is -2.38. The molecule has 0 saturated heterocycles. The summed E-state index contributed by atoms with van der Waals surface area (Å²) in [4.78, 5) is 22.7. The van der Waals surface area contributed by atoms with E-state index in [-0.39, 0.29) is 18.3 Å². The number of aryl methyl sites for hydroxylation is 1.